The Labute approximate surface area is 117 Å². The van der Waals surface area contributed by atoms with Gasteiger partial charge < -0.3 is 10.4 Å². The van der Waals surface area contributed by atoms with Crippen molar-refractivity contribution in [3.63, 3.8) is 0 Å². The lowest BCUT2D eigenvalue weighted by Gasteiger charge is -2.33. The van der Waals surface area contributed by atoms with Crippen LogP contribution in [0.25, 0.3) is 0 Å². The standard InChI is InChI=1S/C15H23NO.H2S/c1-11-8-9-14(10-15(11)17)16-12(2)13-6-4-3-5-7-13;/h3-7,11-12,14-17H,8-10H2,1-2H3;1H2/t11-,12+,14?,15?;/m1./s1. The van der Waals surface area contributed by atoms with E-state index in [0.717, 1.165) is 12.8 Å². The molecule has 4 atom stereocenters. The molecule has 2 nitrogen and oxygen atoms in total. The van der Waals surface area contributed by atoms with Gasteiger partial charge in [0.1, 0.15) is 0 Å². The molecule has 0 amide bonds. The summed E-state index contributed by atoms with van der Waals surface area (Å²) >= 11 is 0. The van der Waals surface area contributed by atoms with Crippen molar-refractivity contribution in [1.82, 2.24) is 5.32 Å². The van der Waals surface area contributed by atoms with E-state index in [1.54, 1.807) is 0 Å². The van der Waals surface area contributed by atoms with E-state index < -0.39 is 0 Å². The zero-order valence-electron chi connectivity index (χ0n) is 11.3. The Morgan fingerprint density at radius 1 is 1.22 bits per heavy atom. The summed E-state index contributed by atoms with van der Waals surface area (Å²) in [5.74, 6) is 0.458. The molecule has 1 fully saturated rings. The summed E-state index contributed by atoms with van der Waals surface area (Å²) < 4.78 is 0. The Bertz CT molecular complexity index is 344. The first-order valence-corrected chi connectivity index (χ1v) is 6.66. The molecule has 1 aliphatic rings. The summed E-state index contributed by atoms with van der Waals surface area (Å²) in [5.41, 5.74) is 1.32. The molecule has 1 aromatic carbocycles. The highest BCUT2D eigenvalue weighted by molar-refractivity contribution is 7.59. The van der Waals surface area contributed by atoms with E-state index in [2.05, 4.69) is 43.4 Å². The Morgan fingerprint density at radius 2 is 1.89 bits per heavy atom. The van der Waals surface area contributed by atoms with Crippen LogP contribution in [0.1, 0.15) is 44.7 Å². The van der Waals surface area contributed by atoms with Crippen LogP contribution < -0.4 is 5.32 Å². The maximum absolute atomic E-state index is 9.89. The average Bonchev–Trinajstić information content (AvgIpc) is 2.35. The Hall–Kier alpha value is -0.510. The van der Waals surface area contributed by atoms with E-state index in [9.17, 15) is 5.11 Å². The number of rotatable bonds is 3. The van der Waals surface area contributed by atoms with Gasteiger partial charge >= 0.3 is 0 Å². The van der Waals surface area contributed by atoms with Gasteiger partial charge in [-0.2, -0.15) is 13.5 Å². The van der Waals surface area contributed by atoms with Crippen molar-refractivity contribution in [2.75, 3.05) is 0 Å². The Balaban J connectivity index is 0.00000162. The number of aliphatic hydroxyl groups excluding tert-OH is 1. The van der Waals surface area contributed by atoms with Crippen molar-refractivity contribution in [2.24, 2.45) is 5.92 Å². The van der Waals surface area contributed by atoms with E-state index >= 15 is 0 Å². The summed E-state index contributed by atoms with van der Waals surface area (Å²) in [5, 5.41) is 13.5. The van der Waals surface area contributed by atoms with E-state index in [4.69, 9.17) is 0 Å². The van der Waals surface area contributed by atoms with Gasteiger partial charge in [0.15, 0.2) is 0 Å². The molecule has 18 heavy (non-hydrogen) atoms. The number of nitrogens with one attached hydrogen (secondary N) is 1. The maximum atomic E-state index is 9.89. The summed E-state index contributed by atoms with van der Waals surface area (Å²) in [6.45, 7) is 4.33. The second kappa shape index (κ2) is 7.17. The third kappa shape index (κ3) is 4.01. The molecule has 0 aromatic heterocycles. The zero-order chi connectivity index (χ0) is 12.3. The monoisotopic (exact) mass is 267 g/mol. The van der Waals surface area contributed by atoms with E-state index in [1.807, 2.05) is 6.07 Å². The van der Waals surface area contributed by atoms with Crippen LogP contribution in [0.4, 0.5) is 0 Å². The lowest BCUT2D eigenvalue weighted by atomic mass is 9.84. The van der Waals surface area contributed by atoms with Gasteiger partial charge in [0.05, 0.1) is 6.10 Å². The van der Waals surface area contributed by atoms with Crippen LogP contribution in [0, 0.1) is 5.92 Å². The topological polar surface area (TPSA) is 32.3 Å². The molecule has 2 unspecified atom stereocenters. The number of benzene rings is 1. The van der Waals surface area contributed by atoms with E-state index in [-0.39, 0.29) is 19.6 Å². The number of aliphatic hydroxyl groups is 1. The van der Waals surface area contributed by atoms with Crippen molar-refractivity contribution >= 4 is 13.5 Å². The van der Waals surface area contributed by atoms with Gasteiger partial charge in [0.2, 0.25) is 0 Å². The van der Waals surface area contributed by atoms with Crippen LogP contribution >= 0.6 is 13.5 Å². The molecule has 0 aliphatic heterocycles. The SMILES string of the molecule is C[C@H](NC1CC[C@@H](C)C(O)C1)c1ccccc1.S. The largest absolute Gasteiger partial charge is 0.393 e. The van der Waals surface area contributed by atoms with Crippen LogP contribution in [0.2, 0.25) is 0 Å². The quantitative estimate of drug-likeness (QED) is 0.882. The predicted octanol–water partition coefficient (Wildman–Crippen LogP) is 3.00. The third-order valence-corrected chi connectivity index (χ3v) is 3.94. The highest BCUT2D eigenvalue weighted by atomic mass is 32.1. The predicted molar refractivity (Wildman–Crippen MR) is 81.2 cm³/mol. The van der Waals surface area contributed by atoms with Crippen LogP contribution in [-0.4, -0.2) is 17.3 Å². The van der Waals surface area contributed by atoms with Crippen LogP contribution in [-0.2, 0) is 0 Å². The van der Waals surface area contributed by atoms with Gasteiger partial charge in [-0.25, -0.2) is 0 Å². The van der Waals surface area contributed by atoms with Crippen molar-refractivity contribution in [1.29, 1.82) is 0 Å². The van der Waals surface area contributed by atoms with Gasteiger partial charge in [0, 0.05) is 12.1 Å². The Kier molecular flexibility index (Phi) is 6.19. The van der Waals surface area contributed by atoms with Gasteiger partial charge in [-0.1, -0.05) is 37.3 Å². The smallest absolute Gasteiger partial charge is 0.0580 e. The average molecular weight is 267 g/mol. The molecule has 102 valence electrons. The summed E-state index contributed by atoms with van der Waals surface area (Å²) in [4.78, 5) is 0. The molecule has 3 heteroatoms. The van der Waals surface area contributed by atoms with Gasteiger partial charge in [-0.05, 0) is 37.7 Å². The van der Waals surface area contributed by atoms with Gasteiger partial charge in [-0.15, -0.1) is 0 Å². The van der Waals surface area contributed by atoms with Crippen molar-refractivity contribution in [3.05, 3.63) is 35.9 Å². The fraction of sp³-hybridized carbons (Fsp3) is 0.600. The number of hydrogen-bond acceptors (Lipinski definition) is 2. The lowest BCUT2D eigenvalue weighted by molar-refractivity contribution is 0.0614. The minimum Gasteiger partial charge on any atom is -0.393 e. The van der Waals surface area contributed by atoms with Crippen molar-refractivity contribution in [2.45, 2.75) is 51.3 Å². The number of hydrogen-bond donors (Lipinski definition) is 2. The summed E-state index contributed by atoms with van der Waals surface area (Å²) in [6, 6.07) is 11.3. The fourth-order valence-electron chi connectivity index (χ4n) is 2.64. The second-order valence-corrected chi connectivity index (χ2v) is 5.35. The molecule has 1 saturated carbocycles. The van der Waals surface area contributed by atoms with Gasteiger partial charge in [-0.3, -0.25) is 0 Å². The van der Waals surface area contributed by atoms with Gasteiger partial charge in [0.25, 0.3) is 0 Å². The minimum absolute atomic E-state index is 0. The summed E-state index contributed by atoms with van der Waals surface area (Å²) in [7, 11) is 0. The first kappa shape index (κ1) is 15.5. The third-order valence-electron chi connectivity index (χ3n) is 3.94. The first-order valence-electron chi connectivity index (χ1n) is 6.66. The lowest BCUT2D eigenvalue weighted by Crippen LogP contribution is -2.40. The molecule has 1 aromatic rings. The van der Waals surface area contributed by atoms with Crippen LogP contribution in [0.3, 0.4) is 0 Å². The van der Waals surface area contributed by atoms with Crippen molar-refractivity contribution < 1.29 is 5.11 Å². The first-order chi connectivity index (χ1) is 8.16. The molecular weight excluding hydrogens is 242 g/mol. The molecule has 0 heterocycles. The Morgan fingerprint density at radius 3 is 2.50 bits per heavy atom. The molecule has 0 saturated heterocycles. The highest BCUT2D eigenvalue weighted by Gasteiger charge is 2.26. The fourth-order valence-corrected chi connectivity index (χ4v) is 2.64. The molecule has 0 spiro atoms. The highest BCUT2D eigenvalue weighted by Crippen LogP contribution is 2.26. The molecule has 0 radical (unpaired) electrons. The molecule has 2 rings (SSSR count). The van der Waals surface area contributed by atoms with Crippen molar-refractivity contribution in [3.8, 4) is 0 Å². The molecular formula is C15H25NOS. The minimum atomic E-state index is -0.135. The molecule has 2 N–H and O–H groups in total. The van der Waals surface area contributed by atoms with Crippen LogP contribution in [0.5, 0.6) is 0 Å². The summed E-state index contributed by atoms with van der Waals surface area (Å²) in [6.07, 6.45) is 3.05. The van der Waals surface area contributed by atoms with Crippen LogP contribution in [0.15, 0.2) is 30.3 Å². The second-order valence-electron chi connectivity index (χ2n) is 5.35. The van der Waals surface area contributed by atoms with E-state index in [0.29, 0.717) is 18.0 Å². The zero-order valence-corrected chi connectivity index (χ0v) is 12.3. The normalized spacial score (nSPS) is 29.4. The van der Waals surface area contributed by atoms with E-state index in [1.165, 1.54) is 12.0 Å². The molecule has 1 aliphatic carbocycles. The molecule has 0 bridgehead atoms. The maximum Gasteiger partial charge on any atom is 0.0580 e.